The van der Waals surface area contributed by atoms with Crippen LogP contribution in [-0.2, 0) is 48.2 Å². The first kappa shape index (κ1) is 30.6. The fourth-order valence-electron chi connectivity index (χ4n) is 9.55. The summed E-state index contributed by atoms with van der Waals surface area (Å²) in [5.41, 5.74) is -0.480. The fourth-order valence-corrected chi connectivity index (χ4v) is 9.75. The standard InChI is InChI=1S/C28H37F2NO11S/c1-13(2)31-23-17-6-18(24(23)41-20(33)11-39-10-19(32)40-12-28(29,30)43(36,37)38)22(21(17)25(31)34)26(35)42-27-7-14-3-15(8-27)5-16(4-14)9-27/h13-18,21-24H,3-12H2,1-2H3,(H,36,37,38). The molecule has 1 heterocycles. The topological polar surface area (TPSA) is 163 Å². The number of hydrogen-bond acceptors (Lipinski definition) is 10. The number of amides is 1. The Balaban J connectivity index is 1.09. The lowest BCUT2D eigenvalue weighted by atomic mass is 9.54. The molecule has 7 aliphatic rings. The molecule has 6 aliphatic carbocycles. The van der Waals surface area contributed by atoms with Gasteiger partial charge in [-0.05, 0) is 82.5 Å². The number of hydrogen-bond donors (Lipinski definition) is 1. The summed E-state index contributed by atoms with van der Waals surface area (Å²) in [6.45, 7) is 0.0728. The highest BCUT2D eigenvalue weighted by Crippen LogP contribution is 2.62. The van der Waals surface area contributed by atoms with Crippen molar-refractivity contribution < 1.29 is 59.9 Å². The van der Waals surface area contributed by atoms with Crippen molar-refractivity contribution in [2.45, 2.75) is 87.8 Å². The molecule has 15 heteroatoms. The van der Waals surface area contributed by atoms with Crippen molar-refractivity contribution in [1.29, 1.82) is 0 Å². The summed E-state index contributed by atoms with van der Waals surface area (Å²) in [5.74, 6) is -2.96. The van der Waals surface area contributed by atoms with Gasteiger partial charge in [0.2, 0.25) is 5.91 Å². The van der Waals surface area contributed by atoms with Crippen LogP contribution in [-0.4, -0.2) is 90.5 Å². The van der Waals surface area contributed by atoms with Gasteiger partial charge in [0.05, 0.1) is 17.9 Å². The van der Waals surface area contributed by atoms with Gasteiger partial charge in [-0.25, -0.2) is 9.59 Å². The number of nitrogens with zero attached hydrogens (tertiary/aromatic N) is 1. The smallest absolute Gasteiger partial charge is 0.402 e. The van der Waals surface area contributed by atoms with Crippen LogP contribution in [0.2, 0.25) is 0 Å². The third kappa shape index (κ3) is 5.32. The SMILES string of the molecule is CC(C)N1C(=O)C2C3CC(C(OC(=O)COCC(=O)OCC(F)(F)S(=O)(=O)O)C31)C2C(=O)OC12CC3CC(CC(C3)C1)C2. The van der Waals surface area contributed by atoms with Gasteiger partial charge in [0, 0.05) is 12.0 Å². The minimum Gasteiger partial charge on any atom is -0.459 e. The van der Waals surface area contributed by atoms with E-state index in [0.717, 1.165) is 19.3 Å². The fraction of sp³-hybridized carbons (Fsp3) is 0.857. The molecule has 12 nitrogen and oxygen atoms in total. The molecule has 7 fully saturated rings. The summed E-state index contributed by atoms with van der Waals surface area (Å²) < 4.78 is 77.4. The number of halogens is 2. The van der Waals surface area contributed by atoms with Crippen molar-refractivity contribution in [2.24, 2.45) is 41.4 Å². The third-order valence-electron chi connectivity index (χ3n) is 10.5. The summed E-state index contributed by atoms with van der Waals surface area (Å²) in [6, 6.07) is -0.613. The van der Waals surface area contributed by atoms with Crippen LogP contribution in [0.3, 0.4) is 0 Å². The van der Waals surface area contributed by atoms with Gasteiger partial charge in [0.1, 0.15) is 24.9 Å². The minimum absolute atomic E-state index is 0.140. The van der Waals surface area contributed by atoms with E-state index in [1.807, 2.05) is 13.8 Å². The molecule has 0 aromatic heterocycles. The zero-order chi connectivity index (χ0) is 31.1. The molecular weight excluding hydrogens is 596 g/mol. The number of carbonyl (C=O) groups is 4. The molecule has 43 heavy (non-hydrogen) atoms. The normalized spacial score (nSPS) is 39.1. The van der Waals surface area contributed by atoms with Crippen molar-refractivity contribution in [2.75, 3.05) is 19.8 Å². The van der Waals surface area contributed by atoms with E-state index in [1.165, 1.54) is 19.3 Å². The van der Waals surface area contributed by atoms with Gasteiger partial charge in [-0.1, -0.05) is 0 Å². The second-order valence-corrected chi connectivity index (χ2v) is 15.2. The molecule has 0 radical (unpaired) electrons. The monoisotopic (exact) mass is 633 g/mol. The summed E-state index contributed by atoms with van der Waals surface area (Å²) in [7, 11) is -5.78. The zero-order valence-electron chi connectivity index (χ0n) is 24.0. The maximum atomic E-state index is 13.9. The van der Waals surface area contributed by atoms with Gasteiger partial charge in [-0.3, -0.25) is 14.1 Å². The third-order valence-corrected chi connectivity index (χ3v) is 11.4. The van der Waals surface area contributed by atoms with E-state index in [9.17, 15) is 36.4 Å². The summed E-state index contributed by atoms with van der Waals surface area (Å²) in [4.78, 5) is 53.6. The first-order chi connectivity index (χ1) is 20.1. The second-order valence-electron chi connectivity index (χ2n) is 13.7. The second kappa shape index (κ2) is 10.6. The number of esters is 3. The highest BCUT2D eigenvalue weighted by atomic mass is 32.2. The van der Waals surface area contributed by atoms with E-state index in [0.29, 0.717) is 24.2 Å². The molecule has 0 aromatic rings. The number of fused-ring (bicyclic) bond motifs is 1. The maximum Gasteiger partial charge on any atom is 0.402 e. The molecule has 6 saturated carbocycles. The van der Waals surface area contributed by atoms with Gasteiger partial charge in [0.15, 0.2) is 6.61 Å². The number of carbonyl (C=O) groups excluding carboxylic acids is 4. The van der Waals surface area contributed by atoms with Crippen LogP contribution >= 0.6 is 0 Å². The molecule has 1 aliphatic heterocycles. The quantitative estimate of drug-likeness (QED) is 0.201. The highest BCUT2D eigenvalue weighted by Gasteiger charge is 2.71. The Morgan fingerprint density at radius 3 is 2.14 bits per heavy atom. The number of ether oxygens (including phenoxy) is 4. The predicted molar refractivity (Wildman–Crippen MR) is 139 cm³/mol. The largest absolute Gasteiger partial charge is 0.459 e. The Labute approximate surface area is 247 Å². The van der Waals surface area contributed by atoms with Crippen LogP contribution in [0.15, 0.2) is 0 Å². The summed E-state index contributed by atoms with van der Waals surface area (Å²) in [5, 5.41) is -4.70. The average molecular weight is 634 g/mol. The van der Waals surface area contributed by atoms with Gasteiger partial charge >= 0.3 is 33.3 Å². The van der Waals surface area contributed by atoms with Gasteiger partial charge in [-0.15, -0.1) is 0 Å². The van der Waals surface area contributed by atoms with E-state index < -0.39 is 88.6 Å². The molecule has 240 valence electrons. The molecule has 7 rings (SSSR count). The van der Waals surface area contributed by atoms with Crippen molar-refractivity contribution in [3.05, 3.63) is 0 Å². The average Bonchev–Trinajstić information content (AvgIpc) is 3.49. The number of rotatable bonds is 11. The van der Waals surface area contributed by atoms with Crippen LogP contribution in [0.1, 0.15) is 58.8 Å². The van der Waals surface area contributed by atoms with E-state index in [4.69, 9.17) is 18.8 Å². The van der Waals surface area contributed by atoms with Crippen LogP contribution in [0.4, 0.5) is 8.78 Å². The van der Waals surface area contributed by atoms with E-state index in [2.05, 4.69) is 4.74 Å². The lowest BCUT2D eigenvalue weighted by Gasteiger charge is -2.56. The molecule has 1 N–H and O–H groups in total. The first-order valence-corrected chi connectivity index (χ1v) is 16.4. The van der Waals surface area contributed by atoms with Crippen LogP contribution in [0, 0.1) is 41.4 Å². The Bertz CT molecular complexity index is 1270. The summed E-state index contributed by atoms with van der Waals surface area (Å²) >= 11 is 0. The molecule has 0 aromatic carbocycles. The molecule has 6 atom stereocenters. The molecule has 1 amide bonds. The van der Waals surface area contributed by atoms with Gasteiger partial charge < -0.3 is 23.8 Å². The number of likely N-dealkylation sites (tertiary alicyclic amines) is 1. The zero-order valence-corrected chi connectivity index (χ0v) is 24.8. The maximum absolute atomic E-state index is 13.9. The van der Waals surface area contributed by atoms with Crippen LogP contribution in [0.5, 0.6) is 0 Å². The van der Waals surface area contributed by atoms with Crippen molar-refractivity contribution in [3.8, 4) is 0 Å². The highest BCUT2D eigenvalue weighted by molar-refractivity contribution is 7.86. The molecule has 1 saturated heterocycles. The first-order valence-electron chi connectivity index (χ1n) is 14.9. The van der Waals surface area contributed by atoms with Crippen molar-refractivity contribution in [3.63, 3.8) is 0 Å². The van der Waals surface area contributed by atoms with E-state index >= 15 is 0 Å². The van der Waals surface area contributed by atoms with Crippen molar-refractivity contribution in [1.82, 2.24) is 4.90 Å². The Kier molecular flexibility index (Phi) is 7.56. The molecular formula is C28H37F2NO11S. The Morgan fingerprint density at radius 2 is 1.58 bits per heavy atom. The lowest BCUT2D eigenvalue weighted by Crippen LogP contribution is -2.54. The molecule has 0 spiro atoms. The Morgan fingerprint density at radius 1 is 1.00 bits per heavy atom. The van der Waals surface area contributed by atoms with Gasteiger partial charge in [0.25, 0.3) is 0 Å². The summed E-state index contributed by atoms with van der Waals surface area (Å²) in [6.07, 6.45) is 5.87. The Hall–Kier alpha value is -2.39. The van der Waals surface area contributed by atoms with Crippen LogP contribution < -0.4 is 0 Å². The minimum atomic E-state index is -5.78. The lowest BCUT2D eigenvalue weighted by molar-refractivity contribution is -0.197. The predicted octanol–water partition coefficient (Wildman–Crippen LogP) is 1.95. The van der Waals surface area contributed by atoms with Crippen LogP contribution in [0.25, 0.3) is 0 Å². The molecule has 6 bridgehead atoms. The van der Waals surface area contributed by atoms with Crippen molar-refractivity contribution >= 4 is 33.9 Å². The van der Waals surface area contributed by atoms with Gasteiger partial charge in [-0.2, -0.15) is 17.2 Å². The van der Waals surface area contributed by atoms with E-state index in [1.54, 1.807) is 4.90 Å². The number of alkyl halides is 2. The molecule has 6 unspecified atom stereocenters. The van der Waals surface area contributed by atoms with E-state index in [-0.39, 0.29) is 17.9 Å².